The van der Waals surface area contributed by atoms with Gasteiger partial charge in [0, 0.05) is 11.6 Å². The van der Waals surface area contributed by atoms with Gasteiger partial charge in [0.2, 0.25) is 0 Å². The molecule has 0 fully saturated rings. The molecule has 0 saturated carbocycles. The molecule has 0 atom stereocenters. The molecule has 0 bridgehead atoms. The van der Waals surface area contributed by atoms with Crippen LogP contribution in [0.4, 0.5) is 5.82 Å². The molecule has 17 heavy (non-hydrogen) atoms. The first-order valence-corrected chi connectivity index (χ1v) is 4.90. The highest BCUT2D eigenvalue weighted by molar-refractivity contribution is 5.89. The lowest BCUT2D eigenvalue weighted by atomic mass is 10.2. The molecule has 0 aliphatic heterocycles. The Morgan fingerprint density at radius 3 is 3.00 bits per heavy atom. The number of rotatable bonds is 1. The number of nitrogens with one attached hydrogen (secondary N) is 2. The van der Waals surface area contributed by atoms with Crippen LogP contribution in [-0.2, 0) is 0 Å². The second kappa shape index (κ2) is 3.41. The number of anilines is 1. The molecule has 0 spiro atoms. The third-order valence-electron chi connectivity index (χ3n) is 2.36. The second-order valence-corrected chi connectivity index (χ2v) is 3.49. The third-order valence-corrected chi connectivity index (χ3v) is 2.36. The molecule has 0 amide bonds. The molecule has 0 unspecified atom stereocenters. The van der Waals surface area contributed by atoms with Crippen molar-refractivity contribution < 1.29 is 0 Å². The fraction of sp³-hybridized carbons (Fsp3) is 0. The van der Waals surface area contributed by atoms with Gasteiger partial charge in [0.15, 0.2) is 11.6 Å². The van der Waals surface area contributed by atoms with Crippen molar-refractivity contribution in [2.75, 3.05) is 5.73 Å². The molecule has 0 aromatic carbocycles. The summed E-state index contributed by atoms with van der Waals surface area (Å²) in [5, 5.41) is 6.93. The van der Waals surface area contributed by atoms with Gasteiger partial charge in [-0.05, 0) is 12.1 Å². The van der Waals surface area contributed by atoms with Crippen LogP contribution < -0.4 is 11.4 Å². The van der Waals surface area contributed by atoms with E-state index in [-0.39, 0.29) is 5.69 Å². The van der Waals surface area contributed by atoms with Gasteiger partial charge in [0.05, 0.1) is 0 Å². The first-order chi connectivity index (χ1) is 8.24. The van der Waals surface area contributed by atoms with E-state index in [1.807, 2.05) is 6.07 Å². The maximum atomic E-state index is 11.0. The summed E-state index contributed by atoms with van der Waals surface area (Å²) in [5.74, 6) is 0.661. The van der Waals surface area contributed by atoms with Crippen LogP contribution in [0.3, 0.4) is 0 Å². The van der Waals surface area contributed by atoms with Crippen LogP contribution in [0.25, 0.3) is 22.4 Å². The van der Waals surface area contributed by atoms with Gasteiger partial charge in [-0.2, -0.15) is 5.10 Å². The number of nitrogen functional groups attached to an aromatic ring is 1. The molecular formula is C10H8N6O. The van der Waals surface area contributed by atoms with Crippen molar-refractivity contribution in [2.45, 2.75) is 0 Å². The lowest BCUT2D eigenvalue weighted by Crippen LogP contribution is -2.01. The highest BCUT2D eigenvalue weighted by Crippen LogP contribution is 2.21. The zero-order valence-corrected chi connectivity index (χ0v) is 8.64. The lowest BCUT2D eigenvalue weighted by molar-refractivity contribution is 1.05. The van der Waals surface area contributed by atoms with Gasteiger partial charge in [-0.1, -0.05) is 6.07 Å². The van der Waals surface area contributed by atoms with Gasteiger partial charge in [0.1, 0.15) is 11.2 Å². The van der Waals surface area contributed by atoms with Crippen molar-refractivity contribution in [1.82, 2.24) is 25.1 Å². The minimum Gasteiger partial charge on any atom is -0.382 e. The largest absolute Gasteiger partial charge is 0.382 e. The zero-order valence-electron chi connectivity index (χ0n) is 8.64. The Hall–Kier alpha value is -2.70. The fourth-order valence-corrected chi connectivity index (χ4v) is 1.62. The summed E-state index contributed by atoms with van der Waals surface area (Å²) in [5.41, 5.74) is 6.55. The Kier molecular flexibility index (Phi) is 1.91. The number of aromatic amines is 2. The summed E-state index contributed by atoms with van der Waals surface area (Å²) in [6.07, 6.45) is 1.65. The molecule has 3 aromatic heterocycles. The van der Waals surface area contributed by atoms with Crippen LogP contribution in [-0.4, -0.2) is 25.1 Å². The Bertz CT molecular complexity index is 744. The summed E-state index contributed by atoms with van der Waals surface area (Å²) < 4.78 is 0. The number of nitrogens with zero attached hydrogens (tertiary/aromatic N) is 3. The molecule has 7 heteroatoms. The Morgan fingerprint density at radius 2 is 2.24 bits per heavy atom. The van der Waals surface area contributed by atoms with E-state index in [9.17, 15) is 4.79 Å². The number of nitrogens with two attached hydrogens (primary N) is 1. The Balaban J connectivity index is 2.28. The van der Waals surface area contributed by atoms with Crippen LogP contribution in [0, 0.1) is 0 Å². The summed E-state index contributed by atoms with van der Waals surface area (Å²) >= 11 is 0. The number of hydrogen-bond acceptors (Lipinski definition) is 5. The zero-order chi connectivity index (χ0) is 11.8. The maximum Gasteiger partial charge on any atom is 0.340 e. The van der Waals surface area contributed by atoms with Crippen LogP contribution >= 0.6 is 0 Å². The minimum absolute atomic E-state index is 0.307. The van der Waals surface area contributed by atoms with Crippen LogP contribution in [0.15, 0.2) is 29.2 Å². The normalized spacial score (nSPS) is 10.8. The van der Waals surface area contributed by atoms with E-state index in [1.54, 1.807) is 18.3 Å². The summed E-state index contributed by atoms with van der Waals surface area (Å²) in [4.78, 5) is 21.8. The number of H-pyrrole nitrogens is 2. The van der Waals surface area contributed by atoms with E-state index in [1.165, 1.54) is 0 Å². The highest BCUT2D eigenvalue weighted by atomic mass is 16.1. The smallest absolute Gasteiger partial charge is 0.340 e. The molecule has 3 rings (SSSR count). The predicted octanol–water partition coefficient (Wildman–Crippen LogP) is 0.290. The molecule has 0 aliphatic carbocycles. The number of hydrogen-bond donors (Lipinski definition) is 3. The van der Waals surface area contributed by atoms with E-state index in [2.05, 4.69) is 25.1 Å². The van der Waals surface area contributed by atoms with Gasteiger partial charge < -0.3 is 5.73 Å². The molecule has 84 valence electrons. The van der Waals surface area contributed by atoms with Crippen molar-refractivity contribution >= 4 is 16.7 Å². The van der Waals surface area contributed by atoms with Crippen molar-refractivity contribution in [3.05, 3.63) is 34.9 Å². The van der Waals surface area contributed by atoms with Crippen molar-refractivity contribution in [3.63, 3.8) is 0 Å². The standard InChI is InChI=1S/C10H8N6O/c11-8-7-5(2-1-3-12-7)4-6(13-8)9-14-10(17)16-15-9/h1-4H,(H2,11,13)(H2,14,15,16,17). The molecule has 4 N–H and O–H groups in total. The molecule has 0 aliphatic rings. The SMILES string of the molecule is Nc1nc(-c2n[nH]c(=O)[nH]2)cc2cccnc12. The van der Waals surface area contributed by atoms with E-state index in [4.69, 9.17) is 5.73 Å². The second-order valence-electron chi connectivity index (χ2n) is 3.49. The molecule has 7 nitrogen and oxygen atoms in total. The van der Waals surface area contributed by atoms with E-state index >= 15 is 0 Å². The highest BCUT2D eigenvalue weighted by Gasteiger charge is 2.08. The average Bonchev–Trinajstić information content (AvgIpc) is 2.76. The minimum atomic E-state index is -0.383. The quantitative estimate of drug-likeness (QED) is 0.554. The van der Waals surface area contributed by atoms with Gasteiger partial charge in [-0.15, -0.1) is 0 Å². The Labute approximate surface area is 94.7 Å². The summed E-state index contributed by atoms with van der Waals surface area (Å²) in [6, 6.07) is 5.44. The van der Waals surface area contributed by atoms with E-state index < -0.39 is 0 Å². The van der Waals surface area contributed by atoms with Crippen molar-refractivity contribution in [1.29, 1.82) is 0 Å². The first kappa shape index (κ1) is 9.52. The van der Waals surface area contributed by atoms with E-state index in [0.717, 1.165) is 5.39 Å². The number of fused-ring (bicyclic) bond motifs is 1. The van der Waals surface area contributed by atoms with Crippen LogP contribution in [0.1, 0.15) is 0 Å². The van der Waals surface area contributed by atoms with Crippen molar-refractivity contribution in [2.24, 2.45) is 0 Å². The van der Waals surface area contributed by atoms with Crippen molar-refractivity contribution in [3.8, 4) is 11.5 Å². The summed E-state index contributed by atoms with van der Waals surface area (Å²) in [6.45, 7) is 0. The number of aromatic nitrogens is 5. The van der Waals surface area contributed by atoms with Gasteiger partial charge in [0.25, 0.3) is 0 Å². The fourth-order valence-electron chi connectivity index (χ4n) is 1.62. The first-order valence-electron chi connectivity index (χ1n) is 4.90. The molecule has 3 aromatic rings. The maximum absolute atomic E-state index is 11.0. The molecule has 3 heterocycles. The van der Waals surface area contributed by atoms with E-state index in [0.29, 0.717) is 22.9 Å². The molecule has 0 saturated heterocycles. The summed E-state index contributed by atoms with van der Waals surface area (Å²) in [7, 11) is 0. The average molecular weight is 228 g/mol. The Morgan fingerprint density at radius 1 is 1.35 bits per heavy atom. The van der Waals surface area contributed by atoms with Crippen LogP contribution in [0.5, 0.6) is 0 Å². The molecule has 0 radical (unpaired) electrons. The van der Waals surface area contributed by atoms with Crippen LogP contribution in [0.2, 0.25) is 0 Å². The van der Waals surface area contributed by atoms with Gasteiger partial charge in [-0.25, -0.2) is 14.9 Å². The van der Waals surface area contributed by atoms with Gasteiger partial charge in [-0.3, -0.25) is 9.97 Å². The molecular weight excluding hydrogens is 220 g/mol. The van der Waals surface area contributed by atoms with Gasteiger partial charge >= 0.3 is 5.69 Å². The predicted molar refractivity (Wildman–Crippen MR) is 62.2 cm³/mol. The topological polar surface area (TPSA) is 113 Å². The third kappa shape index (κ3) is 1.53. The number of pyridine rings is 2. The monoisotopic (exact) mass is 228 g/mol. The lowest BCUT2D eigenvalue weighted by Gasteiger charge is -2.02.